The summed E-state index contributed by atoms with van der Waals surface area (Å²) < 4.78 is 28.3. The Morgan fingerprint density at radius 1 is 1.56 bits per heavy atom. The smallest absolute Gasteiger partial charge is 0.187 e. The molecule has 0 aliphatic heterocycles. The number of anilines is 2. The van der Waals surface area contributed by atoms with Crippen LogP contribution in [0, 0.1) is 0 Å². The van der Waals surface area contributed by atoms with Gasteiger partial charge in [-0.15, -0.1) is 0 Å². The molecule has 0 spiro atoms. The number of nitrogens with zero attached hydrogens (tertiary/aromatic N) is 1. The normalized spacial score (nSPS) is 16.8. The number of hydrogen-bond donors (Lipinski definition) is 3. The van der Waals surface area contributed by atoms with Crippen LogP contribution < -0.4 is 11.1 Å². The van der Waals surface area contributed by atoms with Crippen molar-refractivity contribution >= 4 is 32.2 Å². The van der Waals surface area contributed by atoms with Crippen LogP contribution in [-0.4, -0.2) is 35.3 Å². The fourth-order valence-corrected chi connectivity index (χ4v) is 4.40. The number of sulfone groups is 1. The van der Waals surface area contributed by atoms with Crippen LogP contribution in [0.1, 0.15) is 26.7 Å². The van der Waals surface area contributed by atoms with Gasteiger partial charge in [-0.3, -0.25) is 0 Å². The lowest BCUT2D eigenvalue weighted by Gasteiger charge is -2.18. The van der Waals surface area contributed by atoms with Crippen molar-refractivity contribution in [3.8, 4) is 0 Å². The zero-order valence-electron chi connectivity index (χ0n) is 10.3. The average Bonchev–Trinajstić information content (AvgIpc) is 2.99. The summed E-state index contributed by atoms with van der Waals surface area (Å²) in [4.78, 5) is 0.0965. The summed E-state index contributed by atoms with van der Waals surface area (Å²) in [5, 5.41) is 12.6. The third-order valence-electron chi connectivity index (χ3n) is 2.60. The molecule has 1 aromatic heterocycles. The molecule has 1 saturated carbocycles. The third-order valence-corrected chi connectivity index (χ3v) is 5.88. The van der Waals surface area contributed by atoms with Crippen LogP contribution in [0.4, 0.5) is 10.8 Å². The van der Waals surface area contributed by atoms with E-state index in [9.17, 15) is 13.5 Å². The number of nitrogens with two attached hydrogens (primary N) is 1. The van der Waals surface area contributed by atoms with E-state index in [4.69, 9.17) is 5.73 Å². The highest BCUT2D eigenvalue weighted by atomic mass is 32.2. The van der Waals surface area contributed by atoms with Crippen LogP contribution in [0.25, 0.3) is 0 Å². The second-order valence-corrected chi connectivity index (χ2v) is 8.07. The van der Waals surface area contributed by atoms with Gasteiger partial charge >= 0.3 is 0 Å². The van der Waals surface area contributed by atoms with Gasteiger partial charge in [0.05, 0.1) is 10.9 Å². The fourth-order valence-electron chi connectivity index (χ4n) is 1.52. The second-order valence-electron chi connectivity index (χ2n) is 5.14. The minimum Gasteiger partial charge on any atom is -0.389 e. The molecule has 102 valence electrons. The molecule has 8 heteroatoms. The highest BCUT2D eigenvalue weighted by Gasteiger charge is 2.40. The molecule has 1 aromatic rings. The lowest BCUT2D eigenvalue weighted by molar-refractivity contribution is 0.0945. The van der Waals surface area contributed by atoms with Gasteiger partial charge in [-0.2, -0.15) is 4.37 Å². The standard InChI is InChI=1S/C10H17N3O3S2/c1-10(2,14)5-12-9-7(8(11)13-17-9)18(15,16)6-3-4-6/h6,12,14H,3-5H2,1-2H3,(H2,11,13). The number of hydrogen-bond acceptors (Lipinski definition) is 7. The van der Waals surface area contributed by atoms with Gasteiger partial charge in [-0.05, 0) is 38.2 Å². The predicted molar refractivity (Wildman–Crippen MR) is 71.5 cm³/mol. The maximum absolute atomic E-state index is 12.2. The van der Waals surface area contributed by atoms with Gasteiger partial charge < -0.3 is 16.2 Å². The fraction of sp³-hybridized carbons (Fsp3) is 0.700. The minimum absolute atomic E-state index is 0.0464. The Balaban J connectivity index is 2.28. The summed E-state index contributed by atoms with van der Waals surface area (Å²) in [6.07, 6.45) is 1.37. The van der Waals surface area contributed by atoms with E-state index in [0.717, 1.165) is 11.5 Å². The van der Waals surface area contributed by atoms with E-state index < -0.39 is 15.4 Å². The largest absolute Gasteiger partial charge is 0.389 e. The van der Waals surface area contributed by atoms with Gasteiger partial charge in [-0.1, -0.05) is 0 Å². The maximum atomic E-state index is 12.2. The van der Waals surface area contributed by atoms with Gasteiger partial charge in [-0.25, -0.2) is 8.42 Å². The maximum Gasteiger partial charge on any atom is 0.187 e. The molecule has 0 unspecified atom stereocenters. The number of rotatable bonds is 5. The monoisotopic (exact) mass is 291 g/mol. The second kappa shape index (κ2) is 4.36. The van der Waals surface area contributed by atoms with Crippen LogP contribution in [-0.2, 0) is 9.84 Å². The van der Waals surface area contributed by atoms with E-state index in [1.807, 2.05) is 0 Å². The van der Waals surface area contributed by atoms with Crippen LogP contribution in [0.5, 0.6) is 0 Å². The zero-order valence-corrected chi connectivity index (χ0v) is 11.9. The van der Waals surface area contributed by atoms with E-state index in [1.165, 1.54) is 0 Å². The summed E-state index contributed by atoms with van der Waals surface area (Å²) >= 11 is 1.01. The minimum atomic E-state index is -3.37. The summed E-state index contributed by atoms with van der Waals surface area (Å²) in [6.45, 7) is 3.51. The Morgan fingerprint density at radius 2 is 2.17 bits per heavy atom. The van der Waals surface area contributed by atoms with Crippen molar-refractivity contribution in [2.24, 2.45) is 0 Å². The first-order valence-electron chi connectivity index (χ1n) is 5.67. The van der Waals surface area contributed by atoms with E-state index >= 15 is 0 Å². The van der Waals surface area contributed by atoms with Crippen molar-refractivity contribution in [1.29, 1.82) is 0 Å². The molecule has 6 nitrogen and oxygen atoms in total. The van der Waals surface area contributed by atoms with Crippen molar-refractivity contribution in [2.75, 3.05) is 17.6 Å². The van der Waals surface area contributed by atoms with Gasteiger partial charge in [0.15, 0.2) is 15.7 Å². The van der Waals surface area contributed by atoms with Gasteiger partial charge in [0.25, 0.3) is 0 Å². The molecule has 1 fully saturated rings. The van der Waals surface area contributed by atoms with Crippen LogP contribution >= 0.6 is 11.5 Å². The Bertz CT molecular complexity index is 541. The SMILES string of the molecule is CC(C)(O)CNc1snc(N)c1S(=O)(=O)C1CC1. The molecular weight excluding hydrogens is 274 g/mol. The zero-order chi connectivity index (χ0) is 13.6. The van der Waals surface area contributed by atoms with Gasteiger partial charge in [0, 0.05) is 6.54 Å². The molecular formula is C10H17N3O3S2. The molecule has 0 radical (unpaired) electrons. The molecule has 0 atom stereocenters. The molecule has 0 bridgehead atoms. The van der Waals surface area contributed by atoms with Gasteiger partial charge in [0.1, 0.15) is 9.90 Å². The van der Waals surface area contributed by atoms with E-state index in [-0.39, 0.29) is 22.5 Å². The quantitative estimate of drug-likeness (QED) is 0.742. The Morgan fingerprint density at radius 3 is 2.67 bits per heavy atom. The number of nitrogens with one attached hydrogen (secondary N) is 1. The summed E-state index contributed by atoms with van der Waals surface area (Å²) in [6, 6.07) is 0. The molecule has 0 amide bonds. The van der Waals surface area contributed by atoms with Crippen LogP contribution in [0.3, 0.4) is 0 Å². The molecule has 0 saturated heterocycles. The number of nitrogen functional groups attached to an aromatic ring is 1. The first-order valence-corrected chi connectivity index (χ1v) is 7.99. The Hall–Kier alpha value is -0.860. The van der Waals surface area contributed by atoms with Crippen molar-refractivity contribution in [1.82, 2.24) is 4.37 Å². The Kier molecular flexibility index (Phi) is 3.28. The van der Waals surface area contributed by atoms with E-state index in [1.54, 1.807) is 13.8 Å². The molecule has 1 aliphatic carbocycles. The molecule has 1 aliphatic rings. The summed E-state index contributed by atoms with van der Waals surface area (Å²) in [5.41, 5.74) is 4.72. The summed E-state index contributed by atoms with van der Waals surface area (Å²) in [5.74, 6) is 0.0464. The average molecular weight is 291 g/mol. The lowest BCUT2D eigenvalue weighted by atomic mass is 10.1. The van der Waals surface area contributed by atoms with Crippen LogP contribution in [0.15, 0.2) is 4.90 Å². The molecule has 4 N–H and O–H groups in total. The molecule has 0 aromatic carbocycles. The van der Waals surface area contributed by atoms with Crippen molar-refractivity contribution in [2.45, 2.75) is 42.4 Å². The number of aliphatic hydroxyl groups is 1. The third kappa shape index (κ3) is 2.76. The highest BCUT2D eigenvalue weighted by Crippen LogP contribution is 2.41. The first kappa shape index (κ1) is 13.6. The van der Waals surface area contributed by atoms with Crippen molar-refractivity contribution in [3.05, 3.63) is 0 Å². The van der Waals surface area contributed by atoms with Crippen molar-refractivity contribution in [3.63, 3.8) is 0 Å². The lowest BCUT2D eigenvalue weighted by Crippen LogP contribution is -2.29. The predicted octanol–water partition coefficient (Wildman–Crippen LogP) is 0.844. The van der Waals surface area contributed by atoms with Gasteiger partial charge in [0.2, 0.25) is 0 Å². The van der Waals surface area contributed by atoms with E-state index in [0.29, 0.717) is 17.8 Å². The highest BCUT2D eigenvalue weighted by molar-refractivity contribution is 7.92. The number of aromatic nitrogens is 1. The molecule has 1 heterocycles. The molecule has 2 rings (SSSR count). The van der Waals surface area contributed by atoms with Crippen LogP contribution in [0.2, 0.25) is 0 Å². The molecule has 18 heavy (non-hydrogen) atoms. The van der Waals surface area contributed by atoms with Crippen molar-refractivity contribution < 1.29 is 13.5 Å². The van der Waals surface area contributed by atoms with E-state index in [2.05, 4.69) is 9.69 Å². The first-order chi connectivity index (χ1) is 8.22. The topological polar surface area (TPSA) is 105 Å². The summed E-state index contributed by atoms with van der Waals surface area (Å²) in [7, 11) is -3.37. The Labute approximate surface area is 110 Å².